The molecule has 1 saturated heterocycles. The molecule has 2 aromatic heterocycles. The molecule has 1 N–H and O–H groups in total. The third kappa shape index (κ3) is 4.53. The standard InChI is InChI=1S/C25H25ClN4O2S/c1-33(31,32)30-11-8-17(9-12-30)24-22-7-5-20(26)14-19(22)13-18(4-6-21-15-27-16-29-21)23-3-2-10-28-25(23)24/h2-7,10,13-17,24H,8-9,11-12H2,1H3,(H,27,29)/b6-4+. The summed E-state index contributed by atoms with van der Waals surface area (Å²) in [5.41, 5.74) is 6.24. The molecule has 3 aromatic rings. The maximum Gasteiger partial charge on any atom is 0.211 e. The molecule has 6 nitrogen and oxygen atoms in total. The van der Waals surface area contributed by atoms with Crippen LogP contribution in [0.15, 0.2) is 55.1 Å². The molecule has 1 unspecified atom stereocenters. The number of nitrogens with zero attached hydrogens (tertiary/aromatic N) is 3. The summed E-state index contributed by atoms with van der Waals surface area (Å²) in [6, 6.07) is 10.1. The van der Waals surface area contributed by atoms with Gasteiger partial charge in [-0.2, -0.15) is 0 Å². The third-order valence-corrected chi connectivity index (χ3v) is 8.07. The quantitative estimate of drug-likeness (QED) is 0.580. The molecule has 170 valence electrons. The molecular formula is C25H25ClN4O2S. The van der Waals surface area contributed by atoms with E-state index in [1.54, 1.807) is 10.6 Å². The van der Waals surface area contributed by atoms with Crippen LogP contribution in [-0.4, -0.2) is 47.0 Å². The van der Waals surface area contributed by atoms with E-state index in [0.717, 1.165) is 40.9 Å². The van der Waals surface area contributed by atoms with Gasteiger partial charge in [0.05, 0.1) is 24.0 Å². The number of sulfonamides is 1. The van der Waals surface area contributed by atoms with Gasteiger partial charge in [-0.15, -0.1) is 0 Å². The SMILES string of the molecule is CS(=O)(=O)N1CCC(C2c3ccc(Cl)cc3C=C(/C=C/c3c[nH]cn3)c3cccnc32)CC1. The van der Waals surface area contributed by atoms with E-state index in [1.165, 1.54) is 11.8 Å². The highest BCUT2D eigenvalue weighted by Gasteiger charge is 2.35. The second-order valence-corrected chi connectivity index (χ2v) is 11.0. The van der Waals surface area contributed by atoms with Crippen molar-refractivity contribution in [2.24, 2.45) is 5.92 Å². The summed E-state index contributed by atoms with van der Waals surface area (Å²) in [4.78, 5) is 12.1. The Bertz CT molecular complexity index is 1320. The van der Waals surface area contributed by atoms with Crippen LogP contribution in [0.4, 0.5) is 0 Å². The van der Waals surface area contributed by atoms with Crippen LogP contribution in [0.5, 0.6) is 0 Å². The Balaban J connectivity index is 1.60. The zero-order valence-electron chi connectivity index (χ0n) is 18.3. The van der Waals surface area contributed by atoms with Crippen molar-refractivity contribution in [1.82, 2.24) is 19.3 Å². The predicted molar refractivity (Wildman–Crippen MR) is 132 cm³/mol. The Morgan fingerprint density at radius 3 is 2.70 bits per heavy atom. The first kappa shape index (κ1) is 22.1. The van der Waals surface area contributed by atoms with Crippen molar-refractivity contribution in [1.29, 1.82) is 0 Å². The van der Waals surface area contributed by atoms with Gasteiger partial charge in [0.25, 0.3) is 0 Å². The van der Waals surface area contributed by atoms with Crippen LogP contribution in [0.1, 0.15) is 46.8 Å². The maximum atomic E-state index is 12.0. The number of aromatic nitrogens is 3. The average molecular weight is 481 g/mol. The molecule has 2 aliphatic rings. The lowest BCUT2D eigenvalue weighted by atomic mass is 9.76. The fourth-order valence-electron chi connectivity index (χ4n) is 4.95. The Hall–Kier alpha value is -2.74. The molecule has 1 aromatic carbocycles. The number of fused-ring (bicyclic) bond motifs is 2. The lowest BCUT2D eigenvalue weighted by Gasteiger charge is -2.35. The van der Waals surface area contributed by atoms with Gasteiger partial charge < -0.3 is 4.98 Å². The molecule has 0 amide bonds. The van der Waals surface area contributed by atoms with Crippen LogP contribution in [0.3, 0.4) is 0 Å². The van der Waals surface area contributed by atoms with Crippen LogP contribution in [-0.2, 0) is 10.0 Å². The van der Waals surface area contributed by atoms with Crippen molar-refractivity contribution in [2.75, 3.05) is 19.3 Å². The zero-order chi connectivity index (χ0) is 23.0. The fraction of sp³-hybridized carbons (Fsp3) is 0.280. The molecule has 0 radical (unpaired) electrons. The maximum absolute atomic E-state index is 12.0. The lowest BCUT2D eigenvalue weighted by molar-refractivity contribution is 0.256. The van der Waals surface area contributed by atoms with Crippen molar-refractivity contribution in [3.8, 4) is 0 Å². The van der Waals surface area contributed by atoms with Crippen LogP contribution in [0, 0.1) is 5.92 Å². The van der Waals surface area contributed by atoms with Crippen molar-refractivity contribution in [3.05, 3.63) is 88.2 Å². The van der Waals surface area contributed by atoms with E-state index in [0.29, 0.717) is 18.1 Å². The number of aromatic amines is 1. The molecule has 0 saturated carbocycles. The van der Waals surface area contributed by atoms with Crippen molar-refractivity contribution in [3.63, 3.8) is 0 Å². The smallest absolute Gasteiger partial charge is 0.211 e. The number of halogens is 1. The predicted octanol–water partition coefficient (Wildman–Crippen LogP) is 4.83. The Labute approximate surface area is 199 Å². The Kier molecular flexibility index (Phi) is 5.95. The molecule has 5 rings (SSSR count). The van der Waals surface area contributed by atoms with Gasteiger partial charge in [-0.1, -0.05) is 29.8 Å². The summed E-state index contributed by atoms with van der Waals surface area (Å²) >= 11 is 6.40. The van der Waals surface area contributed by atoms with Gasteiger partial charge in [0.15, 0.2) is 0 Å². The minimum absolute atomic E-state index is 0.0581. The topological polar surface area (TPSA) is 79.0 Å². The van der Waals surface area contributed by atoms with E-state index in [-0.39, 0.29) is 11.8 Å². The van der Waals surface area contributed by atoms with E-state index in [2.05, 4.69) is 34.3 Å². The summed E-state index contributed by atoms with van der Waals surface area (Å²) in [5, 5.41) is 0.685. The van der Waals surface area contributed by atoms with Crippen molar-refractivity contribution < 1.29 is 8.42 Å². The molecule has 1 aliphatic heterocycles. The summed E-state index contributed by atoms with van der Waals surface area (Å²) < 4.78 is 25.7. The highest BCUT2D eigenvalue weighted by Crippen LogP contribution is 2.45. The van der Waals surface area contributed by atoms with Crippen LogP contribution >= 0.6 is 11.6 Å². The highest BCUT2D eigenvalue weighted by atomic mass is 35.5. The van der Waals surface area contributed by atoms with Crippen molar-refractivity contribution >= 4 is 39.3 Å². The van der Waals surface area contributed by atoms with Gasteiger partial charge in [-0.05, 0) is 65.8 Å². The minimum atomic E-state index is -3.18. The van der Waals surface area contributed by atoms with Gasteiger partial charge in [-0.25, -0.2) is 17.7 Å². The van der Waals surface area contributed by atoms with Gasteiger partial charge in [0.2, 0.25) is 10.0 Å². The van der Waals surface area contributed by atoms with Gasteiger partial charge >= 0.3 is 0 Å². The molecule has 1 aliphatic carbocycles. The van der Waals surface area contributed by atoms with Crippen LogP contribution in [0.2, 0.25) is 5.02 Å². The summed E-state index contributed by atoms with van der Waals surface area (Å²) in [6.45, 7) is 1.06. The van der Waals surface area contributed by atoms with E-state index in [1.807, 2.05) is 36.7 Å². The second-order valence-electron chi connectivity index (χ2n) is 8.61. The number of nitrogens with one attached hydrogen (secondary N) is 1. The number of hydrogen-bond donors (Lipinski definition) is 1. The zero-order valence-corrected chi connectivity index (χ0v) is 19.9. The van der Waals surface area contributed by atoms with Crippen LogP contribution in [0.25, 0.3) is 17.7 Å². The van der Waals surface area contributed by atoms with Crippen molar-refractivity contribution in [2.45, 2.75) is 18.8 Å². The molecule has 1 atom stereocenters. The normalized spacial score (nSPS) is 19.7. The number of allylic oxidation sites excluding steroid dienone is 2. The Morgan fingerprint density at radius 2 is 1.97 bits per heavy atom. The van der Waals surface area contributed by atoms with E-state index < -0.39 is 10.0 Å². The third-order valence-electron chi connectivity index (χ3n) is 6.53. The largest absolute Gasteiger partial charge is 0.351 e. The van der Waals surface area contributed by atoms with Crippen LogP contribution < -0.4 is 0 Å². The van der Waals surface area contributed by atoms with E-state index >= 15 is 0 Å². The number of pyridine rings is 1. The fourth-order valence-corrected chi connectivity index (χ4v) is 6.00. The number of benzene rings is 1. The first-order chi connectivity index (χ1) is 15.9. The van der Waals surface area contributed by atoms with Gasteiger partial charge in [0.1, 0.15) is 0 Å². The van der Waals surface area contributed by atoms with Gasteiger partial charge in [0, 0.05) is 42.0 Å². The van der Waals surface area contributed by atoms with Gasteiger partial charge in [-0.3, -0.25) is 4.98 Å². The van der Waals surface area contributed by atoms with E-state index in [4.69, 9.17) is 16.6 Å². The number of piperidine rings is 1. The first-order valence-corrected chi connectivity index (χ1v) is 13.2. The van der Waals surface area contributed by atoms with E-state index in [9.17, 15) is 8.42 Å². The Morgan fingerprint density at radius 1 is 1.15 bits per heavy atom. The molecule has 1 fully saturated rings. The number of imidazole rings is 1. The molecule has 0 bridgehead atoms. The molecule has 0 spiro atoms. The second kappa shape index (κ2) is 8.89. The number of hydrogen-bond acceptors (Lipinski definition) is 4. The highest BCUT2D eigenvalue weighted by molar-refractivity contribution is 7.88. The summed E-state index contributed by atoms with van der Waals surface area (Å²) in [5.74, 6) is 0.336. The minimum Gasteiger partial charge on any atom is -0.351 e. The first-order valence-electron chi connectivity index (χ1n) is 11.0. The average Bonchev–Trinajstić information content (AvgIpc) is 3.27. The molecule has 33 heavy (non-hydrogen) atoms. The molecular weight excluding hydrogens is 456 g/mol. The summed E-state index contributed by atoms with van der Waals surface area (Å²) in [7, 11) is -3.18. The molecule has 8 heteroatoms. The number of rotatable bonds is 4. The molecule has 3 heterocycles. The monoisotopic (exact) mass is 480 g/mol. The number of H-pyrrole nitrogens is 1. The summed E-state index contributed by atoms with van der Waals surface area (Å²) in [6.07, 6.45) is 14.4. The lowest BCUT2D eigenvalue weighted by Crippen LogP contribution is -2.39.